The van der Waals surface area contributed by atoms with Gasteiger partial charge in [0.25, 0.3) is 15.9 Å². The number of alkyl halides is 3. The van der Waals surface area contributed by atoms with Crippen LogP contribution in [0.1, 0.15) is 15.9 Å². The fourth-order valence-electron chi connectivity index (χ4n) is 2.58. The van der Waals surface area contributed by atoms with E-state index in [1.807, 2.05) is 4.72 Å². The van der Waals surface area contributed by atoms with Gasteiger partial charge in [-0.25, -0.2) is 12.8 Å². The summed E-state index contributed by atoms with van der Waals surface area (Å²) in [6, 6.07) is 10.7. The Morgan fingerprint density at radius 1 is 0.875 bits per heavy atom. The van der Waals surface area contributed by atoms with E-state index in [1.165, 1.54) is 12.1 Å². The van der Waals surface area contributed by atoms with Gasteiger partial charge in [0.15, 0.2) is 0 Å². The van der Waals surface area contributed by atoms with E-state index in [0.717, 1.165) is 18.2 Å². The summed E-state index contributed by atoms with van der Waals surface area (Å²) < 4.78 is 80.1. The van der Waals surface area contributed by atoms with Crippen molar-refractivity contribution in [1.29, 1.82) is 0 Å². The molecule has 0 heterocycles. The lowest BCUT2D eigenvalue weighted by Crippen LogP contribution is -2.16. The molecule has 0 saturated carbocycles. The molecule has 0 fully saturated rings. The van der Waals surface area contributed by atoms with Gasteiger partial charge in [0, 0.05) is 0 Å². The molecular weight excluding hydrogens is 495 g/mol. The van der Waals surface area contributed by atoms with Crippen molar-refractivity contribution in [1.82, 2.24) is 0 Å². The number of rotatable bonds is 5. The van der Waals surface area contributed by atoms with Gasteiger partial charge in [-0.05, 0) is 48.5 Å². The lowest BCUT2D eigenvalue weighted by atomic mass is 10.2. The summed E-state index contributed by atoms with van der Waals surface area (Å²) in [5.41, 5.74) is -1.90. The maximum atomic E-state index is 14.5. The Bertz CT molecular complexity index is 1300. The molecule has 0 radical (unpaired) electrons. The minimum absolute atomic E-state index is 0.0751. The molecule has 12 heteroatoms. The van der Waals surface area contributed by atoms with Crippen molar-refractivity contribution in [2.45, 2.75) is 11.1 Å². The molecule has 168 valence electrons. The quantitative estimate of drug-likeness (QED) is 0.404. The zero-order valence-corrected chi connectivity index (χ0v) is 18.0. The summed E-state index contributed by atoms with van der Waals surface area (Å²) in [5, 5.41) is 2.11. The molecule has 0 atom stereocenters. The van der Waals surface area contributed by atoms with E-state index < -0.39 is 44.1 Å². The maximum Gasteiger partial charge on any atom is 0.416 e. The van der Waals surface area contributed by atoms with E-state index >= 15 is 0 Å². The molecule has 3 aromatic carbocycles. The van der Waals surface area contributed by atoms with Crippen molar-refractivity contribution < 1.29 is 30.8 Å². The highest BCUT2D eigenvalue weighted by molar-refractivity contribution is 7.92. The zero-order valence-electron chi connectivity index (χ0n) is 15.7. The summed E-state index contributed by atoms with van der Waals surface area (Å²) in [4.78, 5) is 11.7. The summed E-state index contributed by atoms with van der Waals surface area (Å²) in [6.07, 6.45) is -4.72. The lowest BCUT2D eigenvalue weighted by Gasteiger charge is -2.14. The van der Waals surface area contributed by atoms with E-state index in [1.54, 1.807) is 12.1 Å². The van der Waals surface area contributed by atoms with E-state index in [0.29, 0.717) is 18.2 Å². The van der Waals surface area contributed by atoms with Crippen LogP contribution in [0.15, 0.2) is 65.6 Å². The number of carbonyl (C=O) groups is 1. The van der Waals surface area contributed by atoms with Crippen molar-refractivity contribution in [3.63, 3.8) is 0 Å². The van der Waals surface area contributed by atoms with Crippen molar-refractivity contribution in [2.24, 2.45) is 0 Å². The first kappa shape index (κ1) is 23.8. The molecular formula is C20H12Cl2F4N2O3S. The van der Waals surface area contributed by atoms with Crippen LogP contribution in [0, 0.1) is 5.82 Å². The Kier molecular flexibility index (Phi) is 6.68. The first-order valence-corrected chi connectivity index (χ1v) is 10.9. The van der Waals surface area contributed by atoms with Gasteiger partial charge in [-0.3, -0.25) is 9.52 Å². The number of hydrogen-bond donors (Lipinski definition) is 2. The molecule has 2 N–H and O–H groups in total. The fraction of sp³-hybridized carbons (Fsp3) is 0.0500. The highest BCUT2D eigenvalue weighted by Gasteiger charge is 2.31. The van der Waals surface area contributed by atoms with Gasteiger partial charge in [0.05, 0.1) is 37.4 Å². The van der Waals surface area contributed by atoms with Crippen LogP contribution in [0.4, 0.5) is 28.9 Å². The minimum atomic E-state index is -4.72. The molecule has 0 aliphatic heterocycles. The van der Waals surface area contributed by atoms with E-state index in [9.17, 15) is 30.8 Å². The summed E-state index contributed by atoms with van der Waals surface area (Å²) >= 11 is 11.7. The van der Waals surface area contributed by atoms with E-state index in [-0.39, 0.29) is 21.3 Å². The molecule has 0 unspecified atom stereocenters. The van der Waals surface area contributed by atoms with Crippen LogP contribution in [-0.2, 0) is 16.2 Å². The SMILES string of the molecule is O=C(Nc1ccc(S(=O)(=O)Nc2cc(C(F)(F)F)ccc2Cl)cc1F)c1ccccc1Cl. The van der Waals surface area contributed by atoms with Gasteiger partial charge in [0.2, 0.25) is 0 Å². The van der Waals surface area contributed by atoms with Crippen LogP contribution >= 0.6 is 23.2 Å². The Labute approximate surface area is 190 Å². The van der Waals surface area contributed by atoms with Crippen LogP contribution in [0.25, 0.3) is 0 Å². The van der Waals surface area contributed by atoms with Crippen LogP contribution in [0.3, 0.4) is 0 Å². The Balaban J connectivity index is 1.85. The molecule has 0 aliphatic carbocycles. The van der Waals surface area contributed by atoms with Crippen LogP contribution < -0.4 is 10.0 Å². The number of halogens is 6. The van der Waals surface area contributed by atoms with E-state index in [4.69, 9.17) is 23.2 Å². The average Bonchev–Trinajstić information content (AvgIpc) is 2.70. The highest BCUT2D eigenvalue weighted by atomic mass is 35.5. The number of hydrogen-bond acceptors (Lipinski definition) is 3. The highest BCUT2D eigenvalue weighted by Crippen LogP contribution is 2.35. The van der Waals surface area contributed by atoms with Gasteiger partial charge in [-0.15, -0.1) is 0 Å². The second kappa shape index (κ2) is 8.97. The van der Waals surface area contributed by atoms with Crippen LogP contribution in [-0.4, -0.2) is 14.3 Å². The number of carbonyl (C=O) groups excluding carboxylic acids is 1. The number of amides is 1. The van der Waals surface area contributed by atoms with Crippen molar-refractivity contribution >= 4 is 50.5 Å². The van der Waals surface area contributed by atoms with Gasteiger partial charge < -0.3 is 5.32 Å². The molecule has 3 rings (SSSR count). The Morgan fingerprint density at radius 2 is 1.56 bits per heavy atom. The molecule has 0 bridgehead atoms. The second-order valence-electron chi connectivity index (χ2n) is 6.37. The third kappa shape index (κ3) is 5.32. The first-order valence-electron chi connectivity index (χ1n) is 8.63. The predicted molar refractivity (Wildman–Crippen MR) is 113 cm³/mol. The topological polar surface area (TPSA) is 75.3 Å². The van der Waals surface area contributed by atoms with Crippen molar-refractivity contribution in [2.75, 3.05) is 10.0 Å². The first-order chi connectivity index (χ1) is 14.9. The third-order valence-corrected chi connectivity index (χ3v) is 6.18. The third-order valence-electron chi connectivity index (χ3n) is 4.16. The summed E-state index contributed by atoms with van der Waals surface area (Å²) in [5.74, 6) is -1.82. The molecule has 0 aliphatic rings. The largest absolute Gasteiger partial charge is 0.416 e. The number of sulfonamides is 1. The fourth-order valence-corrected chi connectivity index (χ4v) is 4.11. The zero-order chi connectivity index (χ0) is 23.7. The molecule has 3 aromatic rings. The molecule has 0 spiro atoms. The smallest absolute Gasteiger partial charge is 0.319 e. The minimum Gasteiger partial charge on any atom is -0.319 e. The Morgan fingerprint density at radius 3 is 2.19 bits per heavy atom. The normalized spacial score (nSPS) is 11.8. The van der Waals surface area contributed by atoms with Gasteiger partial charge in [0.1, 0.15) is 5.82 Å². The van der Waals surface area contributed by atoms with Gasteiger partial charge in [-0.2, -0.15) is 13.2 Å². The van der Waals surface area contributed by atoms with Gasteiger partial charge >= 0.3 is 6.18 Å². The molecule has 5 nitrogen and oxygen atoms in total. The summed E-state index contributed by atoms with van der Waals surface area (Å²) in [6.45, 7) is 0. The number of benzene rings is 3. The average molecular weight is 507 g/mol. The predicted octanol–water partition coefficient (Wildman–Crippen LogP) is 6.20. The number of anilines is 2. The van der Waals surface area contributed by atoms with Gasteiger partial charge in [-0.1, -0.05) is 35.3 Å². The molecule has 0 saturated heterocycles. The maximum absolute atomic E-state index is 14.5. The molecule has 1 amide bonds. The summed E-state index contributed by atoms with van der Waals surface area (Å²) in [7, 11) is -4.50. The van der Waals surface area contributed by atoms with Crippen LogP contribution in [0.2, 0.25) is 10.0 Å². The molecule has 0 aromatic heterocycles. The monoisotopic (exact) mass is 506 g/mol. The standard InChI is InChI=1S/C20H12Cl2F4N2O3S/c21-14-4-2-1-3-13(14)19(29)27-17-8-6-12(10-16(17)23)32(30,31)28-18-9-11(20(24,25)26)5-7-15(18)22/h1-10,28H,(H,27,29). The van der Waals surface area contributed by atoms with Crippen LogP contribution in [0.5, 0.6) is 0 Å². The van der Waals surface area contributed by atoms with Crippen molar-refractivity contribution in [3.8, 4) is 0 Å². The van der Waals surface area contributed by atoms with Crippen molar-refractivity contribution in [3.05, 3.63) is 87.7 Å². The lowest BCUT2D eigenvalue weighted by molar-refractivity contribution is -0.137. The Hall–Kier alpha value is -2.82. The van der Waals surface area contributed by atoms with E-state index in [2.05, 4.69) is 5.32 Å². The molecule has 32 heavy (non-hydrogen) atoms. The second-order valence-corrected chi connectivity index (χ2v) is 8.87. The number of nitrogens with one attached hydrogen (secondary N) is 2.